The molecular formula is C17H19NO4. The van der Waals surface area contributed by atoms with E-state index in [4.69, 9.17) is 0 Å². The van der Waals surface area contributed by atoms with Crippen LogP contribution in [-0.4, -0.2) is 27.1 Å². The third kappa shape index (κ3) is 1.81. The van der Waals surface area contributed by atoms with E-state index in [2.05, 4.69) is 4.98 Å². The molecule has 4 atom stereocenters. The van der Waals surface area contributed by atoms with E-state index in [0.717, 1.165) is 37.8 Å². The van der Waals surface area contributed by atoms with E-state index in [1.54, 1.807) is 12.3 Å². The van der Waals surface area contributed by atoms with Gasteiger partial charge >= 0.3 is 11.9 Å². The summed E-state index contributed by atoms with van der Waals surface area (Å²) in [5.74, 6) is -0.762. The molecule has 4 saturated carbocycles. The first-order valence-electron chi connectivity index (χ1n) is 7.86. The number of carboxylic acid groups (broad SMARTS) is 2. The quantitative estimate of drug-likeness (QED) is 0.896. The Kier molecular flexibility index (Phi) is 2.69. The molecule has 0 amide bonds. The summed E-state index contributed by atoms with van der Waals surface area (Å²) < 4.78 is 0. The van der Waals surface area contributed by atoms with E-state index in [9.17, 15) is 19.8 Å². The Morgan fingerprint density at radius 3 is 2.41 bits per heavy atom. The van der Waals surface area contributed by atoms with Crippen molar-refractivity contribution in [2.24, 2.45) is 17.3 Å². The molecule has 2 unspecified atom stereocenters. The fourth-order valence-electron chi connectivity index (χ4n) is 5.67. The van der Waals surface area contributed by atoms with E-state index >= 15 is 0 Å². The second kappa shape index (κ2) is 4.31. The minimum Gasteiger partial charge on any atom is -0.481 e. The fraction of sp³-hybridized carbons (Fsp3) is 0.588. The summed E-state index contributed by atoms with van der Waals surface area (Å²) in [4.78, 5) is 27.6. The highest BCUT2D eigenvalue weighted by molar-refractivity contribution is 5.87. The summed E-state index contributed by atoms with van der Waals surface area (Å²) in [5.41, 5.74) is 0.163. The molecule has 116 valence electrons. The van der Waals surface area contributed by atoms with Crippen LogP contribution < -0.4 is 0 Å². The molecule has 4 fully saturated rings. The highest BCUT2D eigenvalue weighted by Crippen LogP contribution is 2.65. The molecule has 0 aliphatic heterocycles. The van der Waals surface area contributed by atoms with Crippen LogP contribution in [-0.2, 0) is 10.2 Å². The minimum atomic E-state index is -0.957. The van der Waals surface area contributed by atoms with Crippen molar-refractivity contribution in [3.8, 4) is 0 Å². The normalized spacial score (nSPS) is 38.9. The molecule has 1 aromatic heterocycles. The van der Waals surface area contributed by atoms with Crippen LogP contribution in [0.3, 0.4) is 0 Å². The van der Waals surface area contributed by atoms with Gasteiger partial charge < -0.3 is 10.2 Å². The van der Waals surface area contributed by atoms with Crippen LogP contribution in [0.15, 0.2) is 18.3 Å². The number of rotatable bonds is 3. The Labute approximate surface area is 128 Å². The Balaban J connectivity index is 1.79. The zero-order valence-corrected chi connectivity index (χ0v) is 12.3. The molecular weight excluding hydrogens is 282 g/mol. The molecule has 2 N–H and O–H groups in total. The molecule has 5 rings (SSSR count). The monoisotopic (exact) mass is 301 g/mol. The van der Waals surface area contributed by atoms with Crippen molar-refractivity contribution in [2.45, 2.75) is 43.9 Å². The van der Waals surface area contributed by atoms with E-state index in [1.165, 1.54) is 6.07 Å². The van der Waals surface area contributed by atoms with Gasteiger partial charge in [-0.1, -0.05) is 0 Å². The molecule has 22 heavy (non-hydrogen) atoms. The molecule has 4 aliphatic rings. The molecule has 4 bridgehead atoms. The van der Waals surface area contributed by atoms with Gasteiger partial charge in [0.2, 0.25) is 0 Å². The molecule has 0 aromatic carbocycles. The number of carboxylic acids is 2. The number of aromatic carboxylic acids is 1. The van der Waals surface area contributed by atoms with E-state index in [1.807, 2.05) is 0 Å². The maximum atomic E-state index is 11.9. The first kappa shape index (κ1) is 13.7. The number of hydrogen-bond acceptors (Lipinski definition) is 3. The molecule has 5 nitrogen and oxygen atoms in total. The highest BCUT2D eigenvalue weighted by atomic mass is 16.4. The van der Waals surface area contributed by atoms with Crippen molar-refractivity contribution in [3.05, 3.63) is 29.6 Å². The maximum Gasteiger partial charge on any atom is 0.335 e. The van der Waals surface area contributed by atoms with Crippen molar-refractivity contribution in [1.82, 2.24) is 4.98 Å². The van der Waals surface area contributed by atoms with Crippen molar-refractivity contribution < 1.29 is 19.8 Å². The van der Waals surface area contributed by atoms with Gasteiger partial charge in [-0.15, -0.1) is 0 Å². The number of hydrogen-bond donors (Lipinski definition) is 2. The molecule has 0 saturated heterocycles. The van der Waals surface area contributed by atoms with Gasteiger partial charge in [-0.3, -0.25) is 9.78 Å². The van der Waals surface area contributed by atoms with Gasteiger partial charge in [0, 0.05) is 17.3 Å². The van der Waals surface area contributed by atoms with Crippen LogP contribution >= 0.6 is 0 Å². The molecule has 5 heteroatoms. The van der Waals surface area contributed by atoms with E-state index < -0.39 is 17.4 Å². The third-order valence-corrected chi connectivity index (χ3v) is 6.07. The van der Waals surface area contributed by atoms with Crippen LogP contribution in [0.2, 0.25) is 0 Å². The highest BCUT2D eigenvalue weighted by Gasteiger charge is 2.61. The minimum absolute atomic E-state index is 0.241. The van der Waals surface area contributed by atoms with Crippen LogP contribution in [0.25, 0.3) is 0 Å². The molecule has 4 aliphatic carbocycles. The maximum absolute atomic E-state index is 11.9. The third-order valence-electron chi connectivity index (χ3n) is 6.07. The Bertz CT molecular complexity index is 654. The summed E-state index contributed by atoms with van der Waals surface area (Å²) in [6, 6.07) is 3.16. The number of aromatic nitrogens is 1. The van der Waals surface area contributed by atoms with E-state index in [-0.39, 0.29) is 11.0 Å². The standard InChI is InChI=1S/C17H19NO4/c19-14(20)12-1-2-18-13(4-12)16-5-10-3-11(6-16)8-17(7-10,9-16)15(21)22/h1-2,4,10-11H,3,5-9H2,(H,19,20)(H,21,22)/t10-,11+,16?,17?. The van der Waals surface area contributed by atoms with Crippen molar-refractivity contribution >= 4 is 11.9 Å². The molecule has 1 heterocycles. The Morgan fingerprint density at radius 2 is 1.82 bits per heavy atom. The van der Waals surface area contributed by atoms with Gasteiger partial charge in [0.1, 0.15) is 0 Å². The first-order valence-corrected chi connectivity index (χ1v) is 7.86. The average molecular weight is 301 g/mol. The van der Waals surface area contributed by atoms with Crippen LogP contribution in [0, 0.1) is 17.3 Å². The van der Waals surface area contributed by atoms with Gasteiger partial charge in [0.05, 0.1) is 11.0 Å². The lowest BCUT2D eigenvalue weighted by Crippen LogP contribution is -2.57. The Hall–Kier alpha value is -1.91. The second-order valence-electron chi connectivity index (χ2n) is 7.56. The van der Waals surface area contributed by atoms with Crippen LogP contribution in [0.5, 0.6) is 0 Å². The van der Waals surface area contributed by atoms with Crippen LogP contribution in [0.1, 0.15) is 54.6 Å². The molecule has 0 spiro atoms. The fourth-order valence-corrected chi connectivity index (χ4v) is 5.67. The predicted molar refractivity (Wildman–Crippen MR) is 77.6 cm³/mol. The lowest BCUT2D eigenvalue weighted by atomic mass is 9.43. The zero-order valence-electron chi connectivity index (χ0n) is 12.3. The SMILES string of the molecule is O=C(O)c1ccnc(C23C[C@@H]4C[C@@H](CC(C(=O)O)(C4)C2)C3)c1. The van der Waals surface area contributed by atoms with Gasteiger partial charge in [-0.25, -0.2) is 4.79 Å². The number of pyridine rings is 1. The van der Waals surface area contributed by atoms with Crippen LogP contribution in [0.4, 0.5) is 0 Å². The second-order valence-corrected chi connectivity index (χ2v) is 7.56. The molecule has 1 aromatic rings. The van der Waals surface area contributed by atoms with Gasteiger partial charge in [-0.2, -0.15) is 0 Å². The van der Waals surface area contributed by atoms with Crippen molar-refractivity contribution in [2.75, 3.05) is 0 Å². The topological polar surface area (TPSA) is 87.5 Å². The lowest BCUT2D eigenvalue weighted by molar-refractivity contribution is -0.167. The summed E-state index contributed by atoms with van der Waals surface area (Å²) in [7, 11) is 0. The predicted octanol–water partition coefficient (Wildman–Crippen LogP) is 2.70. The zero-order chi connectivity index (χ0) is 15.5. The first-order chi connectivity index (χ1) is 10.4. The summed E-state index contributed by atoms with van der Waals surface area (Å²) >= 11 is 0. The lowest BCUT2D eigenvalue weighted by Gasteiger charge is -2.60. The number of carbonyl (C=O) groups is 2. The van der Waals surface area contributed by atoms with Crippen molar-refractivity contribution in [3.63, 3.8) is 0 Å². The molecule has 0 radical (unpaired) electrons. The van der Waals surface area contributed by atoms with Crippen molar-refractivity contribution in [1.29, 1.82) is 0 Å². The van der Waals surface area contributed by atoms with Gasteiger partial charge in [0.15, 0.2) is 0 Å². The summed E-state index contributed by atoms with van der Waals surface area (Å²) in [6.07, 6.45) is 6.74. The summed E-state index contributed by atoms with van der Waals surface area (Å²) in [6.45, 7) is 0. The largest absolute Gasteiger partial charge is 0.481 e. The van der Waals surface area contributed by atoms with Gasteiger partial charge in [-0.05, 0) is 62.5 Å². The van der Waals surface area contributed by atoms with E-state index in [0.29, 0.717) is 18.3 Å². The Morgan fingerprint density at radius 1 is 1.14 bits per heavy atom. The van der Waals surface area contributed by atoms with Gasteiger partial charge in [0.25, 0.3) is 0 Å². The number of nitrogens with zero attached hydrogens (tertiary/aromatic N) is 1. The number of aliphatic carboxylic acids is 1. The summed E-state index contributed by atoms with van der Waals surface area (Å²) in [5, 5.41) is 19.0. The average Bonchev–Trinajstić information content (AvgIpc) is 2.46. The smallest absolute Gasteiger partial charge is 0.335 e.